The van der Waals surface area contributed by atoms with Crippen molar-refractivity contribution in [3.63, 3.8) is 0 Å². The quantitative estimate of drug-likeness (QED) is 0.291. The first kappa shape index (κ1) is 25.4. The van der Waals surface area contributed by atoms with Gasteiger partial charge in [0.1, 0.15) is 0 Å². The number of carbonyl (C=O) groups is 1. The molecule has 0 spiro atoms. The standard InChI is InChI=1S/C21H24F8O2/c1-2-3-13-4-6-14(7-5-13)15-8-10-16(11-9-15)17(30)31-12-19(24,25)21(28,29)20(26,27)18(22)23/h8-11,13-14,18H,2-7,12H2,1H3. The highest BCUT2D eigenvalue weighted by atomic mass is 19.4. The lowest BCUT2D eigenvalue weighted by molar-refractivity contribution is -0.343. The third-order valence-electron chi connectivity index (χ3n) is 5.70. The molecule has 0 heterocycles. The Kier molecular flexibility index (Phi) is 7.97. The van der Waals surface area contributed by atoms with Crippen LogP contribution in [0.5, 0.6) is 0 Å². The van der Waals surface area contributed by atoms with Crippen molar-refractivity contribution in [2.45, 2.75) is 75.6 Å². The van der Waals surface area contributed by atoms with Crippen molar-refractivity contribution in [2.75, 3.05) is 6.61 Å². The molecule has 0 saturated heterocycles. The average Bonchev–Trinajstić information content (AvgIpc) is 2.72. The van der Waals surface area contributed by atoms with Gasteiger partial charge in [-0.3, -0.25) is 0 Å². The smallest absolute Gasteiger partial charge is 0.381 e. The van der Waals surface area contributed by atoms with Crippen LogP contribution in [0.1, 0.15) is 67.3 Å². The summed E-state index contributed by atoms with van der Waals surface area (Å²) in [7, 11) is 0. The Morgan fingerprint density at radius 2 is 1.55 bits per heavy atom. The molecule has 1 saturated carbocycles. The molecule has 31 heavy (non-hydrogen) atoms. The Labute approximate surface area is 174 Å². The van der Waals surface area contributed by atoms with Crippen LogP contribution < -0.4 is 0 Å². The molecule has 0 amide bonds. The molecule has 0 unspecified atom stereocenters. The monoisotopic (exact) mass is 460 g/mol. The van der Waals surface area contributed by atoms with E-state index in [1.807, 2.05) is 0 Å². The first-order valence-corrected chi connectivity index (χ1v) is 10.0. The number of rotatable bonds is 9. The van der Waals surface area contributed by atoms with Crippen LogP contribution in [0.15, 0.2) is 24.3 Å². The molecule has 10 heteroatoms. The van der Waals surface area contributed by atoms with Crippen LogP contribution >= 0.6 is 0 Å². The first-order chi connectivity index (χ1) is 14.3. The summed E-state index contributed by atoms with van der Waals surface area (Å²) < 4.78 is 107. The highest BCUT2D eigenvalue weighted by Crippen LogP contribution is 2.48. The summed E-state index contributed by atoms with van der Waals surface area (Å²) in [6, 6.07) is 5.72. The molecule has 0 aromatic heterocycles. The predicted molar refractivity (Wildman–Crippen MR) is 97.2 cm³/mol. The molecule has 1 aromatic carbocycles. The fraction of sp³-hybridized carbons (Fsp3) is 0.667. The largest absolute Gasteiger partial charge is 0.455 e. The van der Waals surface area contributed by atoms with E-state index in [4.69, 9.17) is 0 Å². The van der Waals surface area contributed by atoms with Crippen LogP contribution in [0.3, 0.4) is 0 Å². The van der Waals surface area contributed by atoms with Crippen LogP contribution in [-0.4, -0.2) is 36.8 Å². The van der Waals surface area contributed by atoms with Crippen LogP contribution in [0.25, 0.3) is 0 Å². The van der Waals surface area contributed by atoms with Crippen LogP contribution in [0.4, 0.5) is 35.1 Å². The van der Waals surface area contributed by atoms with Gasteiger partial charge in [0.25, 0.3) is 0 Å². The van der Waals surface area contributed by atoms with E-state index < -0.39 is 36.8 Å². The van der Waals surface area contributed by atoms with Crippen molar-refractivity contribution in [2.24, 2.45) is 5.92 Å². The van der Waals surface area contributed by atoms with E-state index in [2.05, 4.69) is 11.7 Å². The van der Waals surface area contributed by atoms with Crippen molar-refractivity contribution >= 4 is 5.97 Å². The fourth-order valence-electron chi connectivity index (χ4n) is 3.80. The van der Waals surface area contributed by atoms with Gasteiger partial charge in [-0.25, -0.2) is 13.6 Å². The molecule has 2 nitrogen and oxygen atoms in total. The van der Waals surface area contributed by atoms with Gasteiger partial charge in [-0.15, -0.1) is 0 Å². The van der Waals surface area contributed by atoms with Gasteiger partial charge in [0, 0.05) is 0 Å². The summed E-state index contributed by atoms with van der Waals surface area (Å²) in [5, 5.41) is 0. The van der Waals surface area contributed by atoms with E-state index in [1.165, 1.54) is 18.6 Å². The second kappa shape index (κ2) is 9.73. The maximum atomic E-state index is 13.5. The zero-order valence-electron chi connectivity index (χ0n) is 16.8. The first-order valence-electron chi connectivity index (χ1n) is 10.0. The van der Waals surface area contributed by atoms with Gasteiger partial charge in [0.15, 0.2) is 6.61 Å². The number of hydrogen-bond donors (Lipinski definition) is 0. The van der Waals surface area contributed by atoms with E-state index in [1.54, 1.807) is 12.1 Å². The zero-order chi connectivity index (χ0) is 23.4. The topological polar surface area (TPSA) is 26.3 Å². The minimum Gasteiger partial charge on any atom is -0.455 e. The molecule has 1 aliphatic rings. The van der Waals surface area contributed by atoms with Gasteiger partial charge in [0.05, 0.1) is 5.56 Å². The Bertz CT molecular complexity index is 725. The Morgan fingerprint density at radius 3 is 2.03 bits per heavy atom. The van der Waals surface area contributed by atoms with Crippen molar-refractivity contribution in [3.05, 3.63) is 35.4 Å². The highest BCUT2D eigenvalue weighted by molar-refractivity contribution is 5.89. The molecular weight excluding hydrogens is 436 g/mol. The Morgan fingerprint density at radius 1 is 1.00 bits per heavy atom. The molecule has 0 aliphatic heterocycles. The molecule has 0 atom stereocenters. The number of hydrogen-bond acceptors (Lipinski definition) is 2. The number of alkyl halides is 8. The van der Waals surface area contributed by atoms with E-state index in [0.29, 0.717) is 5.92 Å². The highest BCUT2D eigenvalue weighted by Gasteiger charge is 2.75. The van der Waals surface area contributed by atoms with E-state index >= 15 is 0 Å². The maximum absolute atomic E-state index is 13.5. The second-order valence-electron chi connectivity index (χ2n) is 7.91. The Hall–Kier alpha value is -1.87. The predicted octanol–water partition coefficient (Wildman–Crippen LogP) is 7.09. The van der Waals surface area contributed by atoms with Gasteiger partial charge in [-0.2, -0.15) is 26.3 Å². The number of ether oxygens (including phenoxy) is 1. The summed E-state index contributed by atoms with van der Waals surface area (Å²) in [6.07, 6.45) is 1.36. The summed E-state index contributed by atoms with van der Waals surface area (Å²) in [5.74, 6) is -18.9. The third-order valence-corrected chi connectivity index (χ3v) is 5.70. The summed E-state index contributed by atoms with van der Waals surface area (Å²) in [4.78, 5) is 11.9. The second-order valence-corrected chi connectivity index (χ2v) is 7.91. The average molecular weight is 460 g/mol. The number of esters is 1. The van der Waals surface area contributed by atoms with Gasteiger partial charge in [-0.1, -0.05) is 31.9 Å². The van der Waals surface area contributed by atoms with Crippen molar-refractivity contribution in [1.29, 1.82) is 0 Å². The molecule has 1 aromatic rings. The molecule has 1 aliphatic carbocycles. The molecule has 0 radical (unpaired) electrons. The fourth-order valence-corrected chi connectivity index (χ4v) is 3.80. The van der Waals surface area contributed by atoms with Crippen molar-refractivity contribution in [1.82, 2.24) is 0 Å². The maximum Gasteiger partial charge on any atom is 0.381 e. The van der Waals surface area contributed by atoms with Crippen LogP contribution in [0.2, 0.25) is 0 Å². The van der Waals surface area contributed by atoms with Gasteiger partial charge in [0.2, 0.25) is 0 Å². The molecule has 0 bridgehead atoms. The lowest BCUT2D eigenvalue weighted by Gasteiger charge is -2.31. The normalized spacial score (nSPS) is 20.7. The Balaban J connectivity index is 1.97. The minimum absolute atomic E-state index is 0.247. The van der Waals surface area contributed by atoms with E-state index in [0.717, 1.165) is 37.7 Å². The number of halogens is 8. The molecule has 0 N–H and O–H groups in total. The lowest BCUT2D eigenvalue weighted by Crippen LogP contribution is -2.59. The van der Waals surface area contributed by atoms with E-state index in [9.17, 15) is 39.9 Å². The van der Waals surface area contributed by atoms with Crippen LogP contribution in [-0.2, 0) is 4.74 Å². The number of carbonyl (C=O) groups excluding carboxylic acids is 1. The zero-order valence-corrected chi connectivity index (χ0v) is 16.8. The lowest BCUT2D eigenvalue weighted by atomic mass is 9.77. The van der Waals surface area contributed by atoms with Crippen molar-refractivity contribution < 1.29 is 44.7 Å². The summed E-state index contributed by atoms with van der Waals surface area (Å²) in [6.45, 7) is -0.338. The van der Waals surface area contributed by atoms with E-state index in [-0.39, 0.29) is 11.5 Å². The van der Waals surface area contributed by atoms with Crippen LogP contribution in [0, 0.1) is 5.92 Å². The van der Waals surface area contributed by atoms with Gasteiger partial charge in [-0.05, 0) is 55.2 Å². The minimum atomic E-state index is -6.41. The summed E-state index contributed by atoms with van der Waals surface area (Å²) >= 11 is 0. The number of benzene rings is 1. The third kappa shape index (κ3) is 5.49. The SMILES string of the molecule is CCCC1CCC(c2ccc(C(=O)OCC(F)(F)C(F)(F)C(F)(F)C(F)F)cc2)CC1. The van der Waals surface area contributed by atoms with Crippen molar-refractivity contribution in [3.8, 4) is 0 Å². The van der Waals surface area contributed by atoms with Gasteiger partial charge < -0.3 is 4.74 Å². The van der Waals surface area contributed by atoms with Gasteiger partial charge >= 0.3 is 30.2 Å². The molecular formula is C21H24F8O2. The molecule has 2 rings (SSSR count). The summed E-state index contributed by atoms with van der Waals surface area (Å²) in [5.41, 5.74) is 0.683. The molecule has 1 fully saturated rings. The molecule has 176 valence electrons.